The van der Waals surface area contributed by atoms with Crippen LogP contribution in [-0.4, -0.2) is 28.9 Å². The number of nitrogens with zero attached hydrogens (tertiary/aromatic N) is 2. The van der Waals surface area contributed by atoms with Crippen molar-refractivity contribution in [2.24, 2.45) is 0 Å². The largest absolute Gasteiger partial charge is 0.493 e. The molecule has 1 N–H and O–H groups in total. The molecule has 0 aliphatic rings. The summed E-state index contributed by atoms with van der Waals surface area (Å²) in [5.41, 5.74) is 1.66. The van der Waals surface area contributed by atoms with Crippen LogP contribution in [0.3, 0.4) is 0 Å². The highest BCUT2D eigenvalue weighted by Crippen LogP contribution is 2.33. The van der Waals surface area contributed by atoms with Crippen LogP contribution in [0, 0.1) is 0 Å². The van der Waals surface area contributed by atoms with Gasteiger partial charge in [-0.05, 0) is 30.2 Å². The summed E-state index contributed by atoms with van der Waals surface area (Å²) in [5, 5.41) is 3.34. The van der Waals surface area contributed by atoms with E-state index in [2.05, 4.69) is 21.6 Å². The Balaban J connectivity index is 1.68. The number of ether oxygens (including phenoxy) is 2. The van der Waals surface area contributed by atoms with Crippen molar-refractivity contribution in [3.63, 3.8) is 0 Å². The van der Waals surface area contributed by atoms with Gasteiger partial charge in [0.2, 0.25) is 0 Å². The van der Waals surface area contributed by atoms with E-state index < -0.39 is 0 Å². The third-order valence-corrected chi connectivity index (χ3v) is 4.98. The molecule has 1 heterocycles. The van der Waals surface area contributed by atoms with Crippen LogP contribution in [0.5, 0.6) is 16.7 Å². The average Bonchev–Trinajstić information content (AvgIpc) is 3.18. The zero-order chi connectivity index (χ0) is 20.5. The number of rotatable bonds is 10. The molecule has 1 aromatic heterocycles. The predicted molar refractivity (Wildman–Crippen MR) is 114 cm³/mol. The number of hydrogen-bond acceptors (Lipinski definition) is 6. The lowest BCUT2D eigenvalue weighted by atomic mass is 10.1. The summed E-state index contributed by atoms with van der Waals surface area (Å²) >= 11 is 1.18. The fourth-order valence-corrected chi connectivity index (χ4v) is 3.36. The number of carbonyl (C=O) groups is 1. The second-order valence-corrected chi connectivity index (χ2v) is 7.28. The Bertz CT molecular complexity index is 928. The van der Waals surface area contributed by atoms with Gasteiger partial charge in [-0.2, -0.15) is 9.36 Å². The maximum Gasteiger partial charge on any atom is 0.298 e. The Morgan fingerprint density at radius 3 is 2.69 bits per heavy atom. The van der Waals surface area contributed by atoms with Gasteiger partial charge >= 0.3 is 0 Å². The van der Waals surface area contributed by atoms with Crippen molar-refractivity contribution in [2.45, 2.75) is 32.6 Å². The highest BCUT2D eigenvalue weighted by Gasteiger charge is 2.14. The molecule has 0 spiro atoms. The van der Waals surface area contributed by atoms with Gasteiger partial charge in [-0.1, -0.05) is 50.1 Å². The summed E-state index contributed by atoms with van der Waals surface area (Å²) in [6.45, 7) is 2.79. The van der Waals surface area contributed by atoms with E-state index in [1.807, 2.05) is 30.3 Å². The molecule has 7 heteroatoms. The Hall–Kier alpha value is -2.93. The molecule has 0 saturated carbocycles. The van der Waals surface area contributed by atoms with Crippen molar-refractivity contribution in [2.75, 3.05) is 13.7 Å². The van der Waals surface area contributed by atoms with Gasteiger partial charge in [-0.15, -0.1) is 0 Å². The monoisotopic (exact) mass is 411 g/mol. The molecule has 6 nitrogen and oxygen atoms in total. The molecule has 0 bridgehead atoms. The summed E-state index contributed by atoms with van der Waals surface area (Å²) in [4.78, 5) is 16.8. The highest BCUT2D eigenvalue weighted by molar-refractivity contribution is 7.07. The Morgan fingerprint density at radius 1 is 1.10 bits per heavy atom. The lowest BCUT2D eigenvalue weighted by Crippen LogP contribution is -2.24. The van der Waals surface area contributed by atoms with Crippen molar-refractivity contribution in [1.29, 1.82) is 0 Å². The summed E-state index contributed by atoms with van der Waals surface area (Å²) in [5.74, 6) is 1.54. The van der Waals surface area contributed by atoms with Crippen molar-refractivity contribution in [3.8, 4) is 16.7 Å². The normalized spacial score (nSPS) is 10.6. The molecule has 0 atom stereocenters. The fraction of sp³-hybridized carbons (Fsp3) is 0.318. The van der Waals surface area contributed by atoms with Gasteiger partial charge in [0.05, 0.1) is 7.11 Å². The van der Waals surface area contributed by atoms with Crippen LogP contribution in [0.15, 0.2) is 48.5 Å². The van der Waals surface area contributed by atoms with Gasteiger partial charge in [0.25, 0.3) is 11.1 Å². The smallest absolute Gasteiger partial charge is 0.298 e. The van der Waals surface area contributed by atoms with Gasteiger partial charge < -0.3 is 14.8 Å². The first-order valence-corrected chi connectivity index (χ1v) is 10.5. The van der Waals surface area contributed by atoms with Crippen molar-refractivity contribution in [1.82, 2.24) is 14.7 Å². The van der Waals surface area contributed by atoms with Crippen LogP contribution in [0.4, 0.5) is 0 Å². The van der Waals surface area contributed by atoms with E-state index in [9.17, 15) is 4.79 Å². The van der Waals surface area contributed by atoms with Gasteiger partial charge in [0.15, 0.2) is 17.3 Å². The molecule has 3 aromatic rings. The van der Waals surface area contributed by atoms with Crippen molar-refractivity contribution >= 4 is 17.4 Å². The molecular weight excluding hydrogens is 386 g/mol. The standard InChI is InChI=1S/C22H25N3O3S/c1-3-4-8-13-23-21(26)17-11-12-18(27-2)19(15-17)28-22-24-20(25-29-22)14-16-9-6-5-7-10-16/h5-7,9-12,15H,3-4,8,13-14H2,1-2H3,(H,23,26). The molecule has 2 aromatic carbocycles. The minimum absolute atomic E-state index is 0.129. The van der Waals surface area contributed by atoms with E-state index in [1.54, 1.807) is 25.3 Å². The zero-order valence-electron chi connectivity index (χ0n) is 16.7. The second-order valence-electron chi connectivity index (χ2n) is 6.57. The summed E-state index contributed by atoms with van der Waals surface area (Å²) in [6, 6.07) is 15.1. The lowest BCUT2D eigenvalue weighted by molar-refractivity contribution is 0.0952. The lowest BCUT2D eigenvalue weighted by Gasteiger charge is -2.10. The highest BCUT2D eigenvalue weighted by atomic mass is 32.1. The van der Waals surface area contributed by atoms with E-state index in [0.29, 0.717) is 41.0 Å². The number of methoxy groups -OCH3 is 1. The third-order valence-electron chi connectivity index (χ3n) is 4.34. The number of unbranched alkanes of at least 4 members (excludes halogenated alkanes) is 2. The van der Waals surface area contributed by atoms with Crippen LogP contribution in [0.2, 0.25) is 0 Å². The van der Waals surface area contributed by atoms with Gasteiger partial charge in [0.1, 0.15) is 0 Å². The number of amides is 1. The maximum absolute atomic E-state index is 12.4. The average molecular weight is 412 g/mol. The predicted octanol–water partition coefficient (Wildman–Crippen LogP) is 4.85. The number of carbonyl (C=O) groups excluding carboxylic acids is 1. The summed E-state index contributed by atoms with van der Waals surface area (Å²) < 4.78 is 15.6. The molecular formula is C22H25N3O3S. The molecule has 0 radical (unpaired) electrons. The first-order valence-electron chi connectivity index (χ1n) is 9.70. The van der Waals surface area contributed by atoms with E-state index in [4.69, 9.17) is 9.47 Å². The van der Waals surface area contributed by atoms with Gasteiger partial charge in [-0.3, -0.25) is 4.79 Å². The van der Waals surface area contributed by atoms with Crippen LogP contribution < -0.4 is 14.8 Å². The minimum atomic E-state index is -0.129. The van der Waals surface area contributed by atoms with Crippen LogP contribution >= 0.6 is 11.5 Å². The number of nitrogens with one attached hydrogen (secondary N) is 1. The summed E-state index contributed by atoms with van der Waals surface area (Å²) in [6.07, 6.45) is 3.82. The Kier molecular flexibility index (Phi) is 7.58. The van der Waals surface area contributed by atoms with Crippen molar-refractivity contribution < 1.29 is 14.3 Å². The maximum atomic E-state index is 12.4. The first kappa shape index (κ1) is 20.8. The molecule has 0 aliphatic carbocycles. The Labute approximate surface area is 175 Å². The molecule has 0 unspecified atom stereocenters. The minimum Gasteiger partial charge on any atom is -0.493 e. The molecule has 29 heavy (non-hydrogen) atoms. The van der Waals surface area contributed by atoms with Gasteiger partial charge in [-0.25, -0.2) is 0 Å². The molecule has 0 fully saturated rings. The topological polar surface area (TPSA) is 73.3 Å². The van der Waals surface area contributed by atoms with E-state index >= 15 is 0 Å². The van der Waals surface area contributed by atoms with Crippen molar-refractivity contribution in [3.05, 3.63) is 65.5 Å². The second kappa shape index (κ2) is 10.6. The fourth-order valence-electron chi connectivity index (χ4n) is 2.80. The van der Waals surface area contributed by atoms with Crippen LogP contribution in [0.1, 0.15) is 47.9 Å². The van der Waals surface area contributed by atoms with Crippen LogP contribution in [0.25, 0.3) is 0 Å². The quantitative estimate of drug-likeness (QED) is 0.483. The number of benzene rings is 2. The molecule has 152 valence electrons. The van der Waals surface area contributed by atoms with E-state index in [-0.39, 0.29) is 5.91 Å². The summed E-state index contributed by atoms with van der Waals surface area (Å²) in [7, 11) is 1.56. The van der Waals surface area contributed by atoms with E-state index in [0.717, 1.165) is 24.8 Å². The third kappa shape index (κ3) is 6.02. The number of hydrogen-bond donors (Lipinski definition) is 1. The van der Waals surface area contributed by atoms with E-state index in [1.165, 1.54) is 11.5 Å². The SMILES string of the molecule is CCCCCNC(=O)c1ccc(OC)c(Oc2nc(Cc3ccccc3)ns2)c1. The molecule has 0 saturated heterocycles. The Morgan fingerprint density at radius 2 is 1.93 bits per heavy atom. The number of aromatic nitrogens is 2. The van der Waals surface area contributed by atoms with Crippen LogP contribution in [-0.2, 0) is 6.42 Å². The zero-order valence-corrected chi connectivity index (χ0v) is 17.5. The van der Waals surface area contributed by atoms with Gasteiger partial charge in [0, 0.05) is 30.1 Å². The molecule has 3 rings (SSSR count). The molecule has 1 amide bonds. The molecule has 0 aliphatic heterocycles. The first-order chi connectivity index (χ1) is 14.2.